The Morgan fingerprint density at radius 3 is 2.62 bits per heavy atom. The fourth-order valence-electron chi connectivity index (χ4n) is 3.18. The number of hydrogen-bond donors (Lipinski definition) is 0. The van der Waals surface area contributed by atoms with Crippen LogP contribution in [0.5, 0.6) is 0 Å². The van der Waals surface area contributed by atoms with Crippen LogP contribution in [0.15, 0.2) is 68.8 Å². The van der Waals surface area contributed by atoms with Crippen LogP contribution < -0.4 is 4.90 Å². The topological polar surface area (TPSA) is 49.6 Å². The van der Waals surface area contributed by atoms with E-state index >= 15 is 0 Å². The van der Waals surface area contributed by atoms with Crippen LogP contribution in [0.3, 0.4) is 0 Å². The van der Waals surface area contributed by atoms with Gasteiger partial charge in [0.15, 0.2) is 5.76 Å². The molecule has 8 heteroatoms. The zero-order valence-electron chi connectivity index (χ0n) is 15.6. The van der Waals surface area contributed by atoms with Gasteiger partial charge in [-0.05, 0) is 36.4 Å². The number of oxazole rings is 1. The highest BCUT2D eigenvalue weighted by atomic mass is 79.9. The number of aromatic nitrogens is 1. The summed E-state index contributed by atoms with van der Waals surface area (Å²) >= 11 is 4.75. The van der Waals surface area contributed by atoms with Crippen LogP contribution >= 0.6 is 27.7 Å². The number of carbonyl (C=O) groups is 1. The van der Waals surface area contributed by atoms with Crippen molar-refractivity contribution < 1.29 is 13.6 Å². The minimum Gasteiger partial charge on any atom is -0.431 e. The van der Waals surface area contributed by atoms with Gasteiger partial charge >= 0.3 is 0 Å². The van der Waals surface area contributed by atoms with Crippen molar-refractivity contribution in [2.75, 3.05) is 36.8 Å². The lowest BCUT2D eigenvalue weighted by Crippen LogP contribution is -2.49. The molecule has 0 spiro atoms. The molecule has 1 aliphatic rings. The average molecular weight is 476 g/mol. The first-order valence-corrected chi connectivity index (χ1v) is 11.0. The first-order valence-electron chi connectivity index (χ1n) is 9.21. The van der Waals surface area contributed by atoms with Crippen molar-refractivity contribution in [3.8, 4) is 11.3 Å². The molecule has 2 aromatic carbocycles. The standard InChI is InChI=1S/C21H19BrFN3O2S/c22-16-3-1-2-15(12-16)19-13-24-21(28-19)29-14-20(27)26-10-8-25(9-11-26)18-6-4-17(23)5-7-18/h1-7,12-13H,8-11,14H2. The van der Waals surface area contributed by atoms with Gasteiger partial charge in [-0.25, -0.2) is 9.37 Å². The molecule has 0 radical (unpaired) electrons. The van der Waals surface area contributed by atoms with Gasteiger partial charge in [-0.3, -0.25) is 4.79 Å². The Morgan fingerprint density at radius 2 is 1.90 bits per heavy atom. The Hall–Kier alpha value is -2.32. The summed E-state index contributed by atoms with van der Waals surface area (Å²) in [5.41, 5.74) is 1.91. The fourth-order valence-corrected chi connectivity index (χ4v) is 4.29. The van der Waals surface area contributed by atoms with Crippen LogP contribution in [0.2, 0.25) is 0 Å². The van der Waals surface area contributed by atoms with Gasteiger partial charge in [0.25, 0.3) is 5.22 Å². The summed E-state index contributed by atoms with van der Waals surface area (Å²) in [6.45, 7) is 2.75. The molecule has 1 amide bonds. The van der Waals surface area contributed by atoms with Crippen molar-refractivity contribution in [3.05, 3.63) is 65.0 Å². The molecule has 4 rings (SSSR count). The minimum absolute atomic E-state index is 0.0657. The third-order valence-electron chi connectivity index (χ3n) is 4.74. The summed E-state index contributed by atoms with van der Waals surface area (Å²) in [5.74, 6) is 0.786. The molecule has 0 N–H and O–H groups in total. The van der Waals surface area contributed by atoms with E-state index in [0.29, 0.717) is 24.1 Å². The number of rotatable bonds is 5. The fraction of sp³-hybridized carbons (Fsp3) is 0.238. The lowest BCUT2D eigenvalue weighted by atomic mass is 10.2. The van der Waals surface area contributed by atoms with Gasteiger partial charge < -0.3 is 14.2 Å². The van der Waals surface area contributed by atoms with Crippen LogP contribution in [0.25, 0.3) is 11.3 Å². The molecule has 0 atom stereocenters. The summed E-state index contributed by atoms with van der Waals surface area (Å²) < 4.78 is 19.8. The number of halogens is 2. The molecule has 1 saturated heterocycles. The van der Waals surface area contributed by atoms with Crippen molar-refractivity contribution >= 4 is 39.3 Å². The SMILES string of the molecule is O=C(CSc1ncc(-c2cccc(Br)c2)o1)N1CCN(c2ccc(F)cc2)CC1. The molecule has 1 aliphatic heterocycles. The summed E-state index contributed by atoms with van der Waals surface area (Å²) in [7, 11) is 0. The molecule has 2 heterocycles. The van der Waals surface area contributed by atoms with Crippen LogP contribution in [0.1, 0.15) is 0 Å². The predicted octanol–water partition coefficient (Wildman–Crippen LogP) is 4.68. The zero-order chi connectivity index (χ0) is 20.2. The minimum atomic E-state index is -0.241. The smallest absolute Gasteiger partial charge is 0.256 e. The van der Waals surface area contributed by atoms with Crippen molar-refractivity contribution in [2.24, 2.45) is 0 Å². The van der Waals surface area contributed by atoms with Crippen molar-refractivity contribution in [1.82, 2.24) is 9.88 Å². The molecule has 0 aliphatic carbocycles. The quantitative estimate of drug-likeness (QED) is 0.501. The maximum atomic E-state index is 13.1. The van der Waals surface area contributed by atoms with Crippen molar-refractivity contribution in [1.29, 1.82) is 0 Å². The van der Waals surface area contributed by atoms with E-state index in [2.05, 4.69) is 25.8 Å². The predicted molar refractivity (Wildman–Crippen MR) is 116 cm³/mol. The summed E-state index contributed by atoms with van der Waals surface area (Å²) in [5, 5.41) is 0.485. The summed E-state index contributed by atoms with van der Waals surface area (Å²) in [4.78, 5) is 20.8. The first-order chi connectivity index (χ1) is 14.1. The molecule has 0 unspecified atom stereocenters. The number of anilines is 1. The maximum absolute atomic E-state index is 13.1. The van der Waals surface area contributed by atoms with Gasteiger partial charge in [-0.1, -0.05) is 39.8 Å². The Bertz CT molecular complexity index is 988. The van der Waals surface area contributed by atoms with E-state index in [-0.39, 0.29) is 17.5 Å². The highest BCUT2D eigenvalue weighted by Crippen LogP contribution is 2.27. The summed E-state index contributed by atoms with van der Waals surface area (Å²) in [6, 6.07) is 14.3. The number of nitrogens with zero attached hydrogens (tertiary/aromatic N) is 3. The van der Waals surface area contributed by atoms with Crippen LogP contribution in [0.4, 0.5) is 10.1 Å². The van der Waals surface area contributed by atoms with Gasteiger partial charge in [0.05, 0.1) is 11.9 Å². The maximum Gasteiger partial charge on any atom is 0.256 e. The second-order valence-electron chi connectivity index (χ2n) is 6.63. The van der Waals surface area contributed by atoms with Crippen LogP contribution in [-0.2, 0) is 4.79 Å². The number of amides is 1. The Kier molecular flexibility index (Phi) is 6.20. The highest BCUT2D eigenvalue weighted by molar-refractivity contribution is 9.10. The normalized spacial score (nSPS) is 14.3. The van der Waals surface area contributed by atoms with E-state index in [1.54, 1.807) is 18.3 Å². The molecule has 5 nitrogen and oxygen atoms in total. The molecule has 1 fully saturated rings. The van der Waals surface area contributed by atoms with E-state index in [1.165, 1.54) is 23.9 Å². The van der Waals surface area contributed by atoms with Gasteiger partial charge in [0.1, 0.15) is 5.82 Å². The largest absolute Gasteiger partial charge is 0.431 e. The second-order valence-corrected chi connectivity index (χ2v) is 8.48. The Labute approximate surface area is 181 Å². The van der Waals surface area contributed by atoms with Crippen molar-refractivity contribution in [3.63, 3.8) is 0 Å². The van der Waals surface area contributed by atoms with E-state index in [4.69, 9.17) is 4.42 Å². The Balaban J connectivity index is 1.28. The molecule has 0 saturated carbocycles. The number of benzene rings is 2. The van der Waals surface area contributed by atoms with Gasteiger partial charge in [-0.2, -0.15) is 0 Å². The number of carbonyl (C=O) groups excluding carboxylic acids is 1. The molecule has 0 bridgehead atoms. The molecular formula is C21H19BrFN3O2S. The summed E-state index contributed by atoms with van der Waals surface area (Å²) in [6.07, 6.45) is 1.68. The molecule has 1 aromatic heterocycles. The van der Waals surface area contributed by atoms with E-state index < -0.39 is 0 Å². The van der Waals surface area contributed by atoms with E-state index in [0.717, 1.165) is 28.8 Å². The van der Waals surface area contributed by atoms with Crippen LogP contribution in [0, 0.1) is 5.82 Å². The molecule has 29 heavy (non-hydrogen) atoms. The highest BCUT2D eigenvalue weighted by Gasteiger charge is 2.22. The van der Waals surface area contributed by atoms with E-state index in [9.17, 15) is 9.18 Å². The average Bonchev–Trinajstić information content (AvgIpc) is 3.22. The van der Waals surface area contributed by atoms with Gasteiger partial charge in [0, 0.05) is 41.9 Å². The Morgan fingerprint density at radius 1 is 1.14 bits per heavy atom. The number of thioether (sulfide) groups is 1. The molecular weight excluding hydrogens is 457 g/mol. The lowest BCUT2D eigenvalue weighted by Gasteiger charge is -2.36. The monoisotopic (exact) mass is 475 g/mol. The third-order valence-corrected chi connectivity index (χ3v) is 6.06. The second kappa shape index (κ2) is 9.00. The third kappa shape index (κ3) is 5.00. The van der Waals surface area contributed by atoms with E-state index in [1.807, 2.05) is 29.2 Å². The lowest BCUT2D eigenvalue weighted by molar-refractivity contribution is -0.128. The van der Waals surface area contributed by atoms with Crippen LogP contribution in [-0.4, -0.2) is 47.7 Å². The van der Waals surface area contributed by atoms with Gasteiger partial charge in [0.2, 0.25) is 5.91 Å². The molecule has 150 valence electrons. The molecule has 3 aromatic rings. The van der Waals surface area contributed by atoms with Gasteiger partial charge in [-0.15, -0.1) is 0 Å². The number of piperazine rings is 1. The number of hydrogen-bond acceptors (Lipinski definition) is 5. The zero-order valence-corrected chi connectivity index (χ0v) is 18.0. The van der Waals surface area contributed by atoms with Crippen molar-refractivity contribution in [2.45, 2.75) is 5.22 Å². The first kappa shape index (κ1) is 20.0.